The first-order valence-corrected chi connectivity index (χ1v) is 10.3. The van der Waals surface area contributed by atoms with Crippen LogP contribution in [0.1, 0.15) is 23.2 Å². The fourth-order valence-electron chi connectivity index (χ4n) is 3.25. The summed E-state index contributed by atoms with van der Waals surface area (Å²) in [6.07, 6.45) is 5.22. The summed E-state index contributed by atoms with van der Waals surface area (Å²) >= 11 is 1.81. The second-order valence-corrected chi connectivity index (χ2v) is 7.84. The van der Waals surface area contributed by atoms with E-state index in [0.717, 1.165) is 45.0 Å². The van der Waals surface area contributed by atoms with Crippen LogP contribution in [0.25, 0.3) is 0 Å². The van der Waals surface area contributed by atoms with Gasteiger partial charge in [-0.05, 0) is 30.9 Å². The quantitative estimate of drug-likeness (QED) is 0.580. The molecule has 5 nitrogen and oxygen atoms in total. The topological polar surface area (TPSA) is 52.6 Å². The van der Waals surface area contributed by atoms with Crippen LogP contribution < -0.4 is 15.5 Å². The van der Waals surface area contributed by atoms with E-state index in [0.29, 0.717) is 5.92 Å². The molecule has 0 bridgehead atoms. The van der Waals surface area contributed by atoms with Crippen LogP contribution in [0.4, 0.5) is 5.69 Å². The minimum Gasteiger partial charge on any atom is -0.371 e. The molecule has 1 aliphatic rings. The van der Waals surface area contributed by atoms with E-state index in [1.807, 2.05) is 24.6 Å². The van der Waals surface area contributed by atoms with Crippen LogP contribution in [0.5, 0.6) is 0 Å². The molecule has 0 spiro atoms. The van der Waals surface area contributed by atoms with E-state index in [2.05, 4.69) is 62.8 Å². The molecule has 1 aromatic carbocycles. The van der Waals surface area contributed by atoms with Gasteiger partial charge in [-0.15, -0.1) is 11.3 Å². The summed E-state index contributed by atoms with van der Waals surface area (Å²) in [6, 6.07) is 10.7. The lowest BCUT2D eigenvalue weighted by atomic mass is 10.1. The van der Waals surface area contributed by atoms with Gasteiger partial charge in [0, 0.05) is 56.4 Å². The van der Waals surface area contributed by atoms with Gasteiger partial charge in [0.05, 0.1) is 5.01 Å². The minimum absolute atomic E-state index is 0.653. The van der Waals surface area contributed by atoms with Gasteiger partial charge in [0.2, 0.25) is 0 Å². The van der Waals surface area contributed by atoms with Gasteiger partial charge in [-0.2, -0.15) is 0 Å². The van der Waals surface area contributed by atoms with Crippen molar-refractivity contribution in [2.75, 3.05) is 38.1 Å². The Hall–Kier alpha value is -2.08. The number of hydrogen-bond acceptors (Lipinski definition) is 4. The second-order valence-electron chi connectivity index (χ2n) is 6.64. The van der Waals surface area contributed by atoms with Crippen LogP contribution in [0, 0.1) is 5.92 Å². The maximum Gasteiger partial charge on any atom is 0.191 e. The Balaban J connectivity index is 1.38. The highest BCUT2D eigenvalue weighted by atomic mass is 32.1. The van der Waals surface area contributed by atoms with Gasteiger partial charge in [0.1, 0.15) is 0 Å². The zero-order valence-electron chi connectivity index (χ0n) is 15.7. The summed E-state index contributed by atoms with van der Waals surface area (Å²) in [5, 5.41) is 8.08. The number of hydrogen-bond donors (Lipinski definition) is 2. The van der Waals surface area contributed by atoms with E-state index in [-0.39, 0.29) is 0 Å². The first-order chi connectivity index (χ1) is 12.8. The molecular formula is C20H29N5S. The molecule has 2 N–H and O–H groups in total. The summed E-state index contributed by atoms with van der Waals surface area (Å²) in [6.45, 7) is 6.22. The lowest BCUT2D eigenvalue weighted by Crippen LogP contribution is -2.41. The molecular weight excluding hydrogens is 342 g/mol. The number of rotatable bonds is 7. The number of anilines is 1. The summed E-state index contributed by atoms with van der Waals surface area (Å²) < 4.78 is 0. The molecule has 26 heavy (non-hydrogen) atoms. The van der Waals surface area contributed by atoms with Crippen LogP contribution in [0.2, 0.25) is 0 Å². The van der Waals surface area contributed by atoms with Gasteiger partial charge < -0.3 is 15.5 Å². The molecule has 3 rings (SSSR count). The zero-order chi connectivity index (χ0) is 18.2. The smallest absolute Gasteiger partial charge is 0.191 e. The van der Waals surface area contributed by atoms with E-state index < -0.39 is 0 Å². The van der Waals surface area contributed by atoms with Crippen LogP contribution in [-0.4, -0.2) is 44.2 Å². The van der Waals surface area contributed by atoms with Crippen molar-refractivity contribution in [1.29, 1.82) is 0 Å². The minimum atomic E-state index is 0.653. The third kappa shape index (κ3) is 5.21. The van der Waals surface area contributed by atoms with Gasteiger partial charge in [0.25, 0.3) is 0 Å². The third-order valence-electron chi connectivity index (χ3n) is 4.77. The number of aliphatic imine (C=N–C) groups is 1. The predicted octanol–water partition coefficient (Wildman–Crippen LogP) is 2.94. The molecule has 0 aliphatic carbocycles. The van der Waals surface area contributed by atoms with Gasteiger partial charge in [-0.3, -0.25) is 4.99 Å². The van der Waals surface area contributed by atoms with Crippen LogP contribution in [0.3, 0.4) is 0 Å². The number of nitrogens with one attached hydrogen (secondary N) is 2. The zero-order valence-corrected chi connectivity index (χ0v) is 16.6. The van der Waals surface area contributed by atoms with Gasteiger partial charge >= 0.3 is 0 Å². The van der Waals surface area contributed by atoms with E-state index in [4.69, 9.17) is 0 Å². The normalized spacial score (nSPS) is 17.5. The van der Waals surface area contributed by atoms with Crippen molar-refractivity contribution < 1.29 is 0 Å². The van der Waals surface area contributed by atoms with Crippen molar-refractivity contribution in [2.45, 2.75) is 26.2 Å². The average molecular weight is 372 g/mol. The Morgan fingerprint density at radius 3 is 2.88 bits per heavy atom. The van der Waals surface area contributed by atoms with Crippen LogP contribution in [-0.2, 0) is 12.8 Å². The Morgan fingerprint density at radius 1 is 1.31 bits per heavy atom. The van der Waals surface area contributed by atoms with E-state index in [1.54, 1.807) is 0 Å². The fourth-order valence-corrected chi connectivity index (χ4v) is 4.11. The van der Waals surface area contributed by atoms with Crippen molar-refractivity contribution in [2.24, 2.45) is 10.9 Å². The molecule has 1 unspecified atom stereocenters. The average Bonchev–Trinajstić information content (AvgIpc) is 3.34. The van der Waals surface area contributed by atoms with E-state index in [1.165, 1.54) is 22.0 Å². The first-order valence-electron chi connectivity index (χ1n) is 9.46. The maximum atomic E-state index is 4.47. The van der Waals surface area contributed by atoms with Crippen molar-refractivity contribution in [3.63, 3.8) is 0 Å². The number of para-hydroxylation sites is 1. The first kappa shape index (κ1) is 18.7. The summed E-state index contributed by atoms with van der Waals surface area (Å²) in [7, 11) is 1.83. The molecule has 140 valence electrons. The number of aromatic nitrogens is 1. The monoisotopic (exact) mass is 371 g/mol. The highest BCUT2D eigenvalue weighted by Gasteiger charge is 2.22. The molecule has 0 amide bonds. The van der Waals surface area contributed by atoms with Crippen molar-refractivity contribution in [3.8, 4) is 0 Å². The SMILES string of the molecule is CCc1cnc(CCNC(=NC)NCC2CCN(c3ccccc3)C2)s1. The van der Waals surface area contributed by atoms with E-state index in [9.17, 15) is 0 Å². The number of thiazole rings is 1. The molecule has 1 atom stereocenters. The summed E-state index contributed by atoms with van der Waals surface area (Å²) in [5.41, 5.74) is 1.33. The Kier molecular flexibility index (Phi) is 6.89. The molecule has 6 heteroatoms. The number of nitrogens with zero attached hydrogens (tertiary/aromatic N) is 3. The highest BCUT2D eigenvalue weighted by molar-refractivity contribution is 7.11. The molecule has 0 saturated carbocycles. The lowest BCUT2D eigenvalue weighted by Gasteiger charge is -2.19. The van der Waals surface area contributed by atoms with Crippen LogP contribution in [0.15, 0.2) is 41.5 Å². The van der Waals surface area contributed by atoms with Gasteiger partial charge in [0.15, 0.2) is 5.96 Å². The Labute approximate surface area is 160 Å². The maximum absolute atomic E-state index is 4.47. The number of benzene rings is 1. The molecule has 1 aromatic heterocycles. The van der Waals surface area contributed by atoms with Gasteiger partial charge in [-0.1, -0.05) is 25.1 Å². The Bertz CT molecular complexity index is 697. The van der Waals surface area contributed by atoms with E-state index >= 15 is 0 Å². The fraction of sp³-hybridized carbons (Fsp3) is 0.500. The van der Waals surface area contributed by atoms with Crippen molar-refractivity contribution in [1.82, 2.24) is 15.6 Å². The lowest BCUT2D eigenvalue weighted by molar-refractivity contribution is 0.566. The van der Waals surface area contributed by atoms with Crippen molar-refractivity contribution >= 4 is 23.0 Å². The molecule has 2 heterocycles. The standard InChI is InChI=1S/C20H29N5S/c1-3-18-14-23-19(26-18)9-11-22-20(21-2)24-13-16-10-12-25(15-16)17-7-5-4-6-8-17/h4-8,14,16H,3,9-13,15H2,1-2H3,(H2,21,22,24). The molecule has 2 aromatic rings. The second kappa shape index (κ2) is 9.57. The predicted molar refractivity (Wildman–Crippen MR) is 111 cm³/mol. The number of guanidine groups is 1. The molecule has 1 saturated heterocycles. The highest BCUT2D eigenvalue weighted by Crippen LogP contribution is 2.22. The molecule has 1 aliphatic heterocycles. The Morgan fingerprint density at radius 2 is 2.15 bits per heavy atom. The molecule has 1 fully saturated rings. The molecule has 0 radical (unpaired) electrons. The van der Waals surface area contributed by atoms with Crippen molar-refractivity contribution in [3.05, 3.63) is 46.4 Å². The van der Waals surface area contributed by atoms with Crippen LogP contribution >= 0.6 is 11.3 Å². The third-order valence-corrected chi connectivity index (χ3v) is 5.97. The number of aryl methyl sites for hydroxylation is 1. The summed E-state index contributed by atoms with van der Waals surface area (Å²) in [4.78, 5) is 12.6. The largest absolute Gasteiger partial charge is 0.371 e. The summed E-state index contributed by atoms with van der Waals surface area (Å²) in [5.74, 6) is 1.54. The van der Waals surface area contributed by atoms with Gasteiger partial charge in [-0.25, -0.2) is 4.98 Å².